The Labute approximate surface area is 124 Å². The van der Waals surface area contributed by atoms with Crippen LogP contribution in [0.3, 0.4) is 0 Å². The fourth-order valence-electron chi connectivity index (χ4n) is 2.19. The second-order valence-corrected chi connectivity index (χ2v) is 5.42. The summed E-state index contributed by atoms with van der Waals surface area (Å²) in [7, 11) is 0. The monoisotopic (exact) mass is 326 g/mol. The van der Waals surface area contributed by atoms with Crippen LogP contribution in [0, 0.1) is 11.3 Å². The lowest BCUT2D eigenvalue weighted by Gasteiger charge is -2.07. The van der Waals surface area contributed by atoms with Crippen molar-refractivity contribution in [3.63, 3.8) is 0 Å². The molecular weight excluding hydrogens is 316 g/mol. The Kier molecular flexibility index (Phi) is 3.17. The lowest BCUT2D eigenvalue weighted by molar-refractivity contribution is 0.838. The van der Waals surface area contributed by atoms with Gasteiger partial charge in [-0.3, -0.25) is 0 Å². The second kappa shape index (κ2) is 4.99. The minimum atomic E-state index is 0.454. The average Bonchev–Trinajstić information content (AvgIpc) is 2.74. The molecule has 0 radical (unpaired) electrons. The zero-order valence-corrected chi connectivity index (χ0v) is 12.1. The van der Waals surface area contributed by atoms with Gasteiger partial charge in [-0.2, -0.15) is 5.26 Å². The van der Waals surface area contributed by atoms with Gasteiger partial charge in [-0.1, -0.05) is 28.1 Å². The largest absolute Gasteiger partial charge is 0.369 e. The van der Waals surface area contributed by atoms with Crippen LogP contribution >= 0.6 is 15.9 Å². The Morgan fingerprint density at radius 2 is 2.10 bits per heavy atom. The van der Waals surface area contributed by atoms with E-state index in [0.717, 1.165) is 21.1 Å². The molecule has 3 aromatic rings. The van der Waals surface area contributed by atoms with Crippen molar-refractivity contribution in [3.8, 4) is 6.07 Å². The summed E-state index contributed by atoms with van der Waals surface area (Å²) >= 11 is 3.46. The molecule has 0 aliphatic carbocycles. The maximum atomic E-state index is 9.00. The van der Waals surface area contributed by atoms with E-state index in [4.69, 9.17) is 11.0 Å². The summed E-state index contributed by atoms with van der Waals surface area (Å²) in [5, 5.41) is 9.00. The number of hydrogen-bond donors (Lipinski definition) is 1. The van der Waals surface area contributed by atoms with Crippen LogP contribution in [0.1, 0.15) is 11.1 Å². The fourth-order valence-corrected chi connectivity index (χ4v) is 2.64. The minimum absolute atomic E-state index is 0.454. The maximum Gasteiger partial charge on any atom is 0.201 e. The van der Waals surface area contributed by atoms with Gasteiger partial charge < -0.3 is 10.3 Å². The predicted molar refractivity (Wildman–Crippen MR) is 82.1 cm³/mol. The van der Waals surface area contributed by atoms with E-state index in [9.17, 15) is 0 Å². The molecule has 0 aliphatic rings. The number of rotatable bonds is 2. The van der Waals surface area contributed by atoms with Crippen molar-refractivity contribution in [3.05, 3.63) is 58.1 Å². The van der Waals surface area contributed by atoms with Crippen molar-refractivity contribution in [2.24, 2.45) is 0 Å². The first-order chi connectivity index (χ1) is 9.67. The highest BCUT2D eigenvalue weighted by Gasteiger charge is 2.09. The number of nitrogens with two attached hydrogens (primary N) is 1. The summed E-state index contributed by atoms with van der Waals surface area (Å²) in [6.45, 7) is 0.622. The highest BCUT2D eigenvalue weighted by Crippen LogP contribution is 2.21. The molecule has 0 amide bonds. The number of benzene rings is 2. The number of nitriles is 1. The molecular formula is C15H11BrN4. The zero-order valence-electron chi connectivity index (χ0n) is 10.5. The summed E-state index contributed by atoms with van der Waals surface area (Å²) in [6.07, 6.45) is 0. The molecule has 0 aliphatic heterocycles. The van der Waals surface area contributed by atoms with E-state index in [1.54, 1.807) is 6.07 Å². The Morgan fingerprint density at radius 1 is 1.25 bits per heavy atom. The van der Waals surface area contributed by atoms with Crippen molar-refractivity contribution in [1.82, 2.24) is 9.55 Å². The lowest BCUT2D eigenvalue weighted by atomic mass is 10.2. The van der Waals surface area contributed by atoms with E-state index in [2.05, 4.69) is 27.0 Å². The molecule has 0 fully saturated rings. The van der Waals surface area contributed by atoms with Crippen LogP contribution in [-0.4, -0.2) is 9.55 Å². The Morgan fingerprint density at radius 3 is 2.85 bits per heavy atom. The number of nitrogen functional groups attached to an aromatic ring is 1. The van der Waals surface area contributed by atoms with Crippen LogP contribution in [0.5, 0.6) is 0 Å². The van der Waals surface area contributed by atoms with Gasteiger partial charge in [-0.25, -0.2) is 4.98 Å². The molecule has 20 heavy (non-hydrogen) atoms. The third kappa shape index (κ3) is 2.26. The van der Waals surface area contributed by atoms with Crippen molar-refractivity contribution in [2.75, 3.05) is 5.73 Å². The molecule has 0 atom stereocenters. The van der Waals surface area contributed by atoms with Crippen molar-refractivity contribution < 1.29 is 0 Å². The van der Waals surface area contributed by atoms with Crippen molar-refractivity contribution >= 4 is 32.9 Å². The van der Waals surface area contributed by atoms with Crippen LogP contribution in [0.15, 0.2) is 46.9 Å². The van der Waals surface area contributed by atoms with Crippen LogP contribution in [0.2, 0.25) is 0 Å². The Hall–Kier alpha value is -2.32. The number of imidazole rings is 1. The highest BCUT2D eigenvalue weighted by atomic mass is 79.9. The first-order valence-electron chi connectivity index (χ1n) is 6.07. The number of hydrogen-bond acceptors (Lipinski definition) is 3. The molecule has 2 aromatic carbocycles. The second-order valence-electron chi connectivity index (χ2n) is 4.50. The van der Waals surface area contributed by atoms with Crippen molar-refractivity contribution in [2.45, 2.75) is 6.54 Å². The van der Waals surface area contributed by atoms with Gasteiger partial charge in [0.05, 0.1) is 29.2 Å². The zero-order chi connectivity index (χ0) is 14.1. The van der Waals surface area contributed by atoms with Crippen LogP contribution in [-0.2, 0) is 6.54 Å². The number of nitrogens with zero attached hydrogens (tertiary/aromatic N) is 3. The van der Waals surface area contributed by atoms with E-state index in [1.807, 2.05) is 41.0 Å². The molecule has 1 aromatic heterocycles. The summed E-state index contributed by atoms with van der Waals surface area (Å²) < 4.78 is 2.94. The molecule has 4 nitrogen and oxygen atoms in total. The quantitative estimate of drug-likeness (QED) is 0.785. The van der Waals surface area contributed by atoms with E-state index in [1.165, 1.54) is 0 Å². The van der Waals surface area contributed by atoms with E-state index in [-0.39, 0.29) is 0 Å². The molecule has 0 bridgehead atoms. The Bertz CT molecular complexity index is 829. The first kappa shape index (κ1) is 12.7. The number of halogens is 1. The maximum absolute atomic E-state index is 9.00. The van der Waals surface area contributed by atoms with Gasteiger partial charge in [0, 0.05) is 4.47 Å². The SMILES string of the molecule is N#Cc1ccc2nc(N)n(Cc3cccc(Br)c3)c2c1. The normalized spacial score (nSPS) is 10.6. The Balaban J connectivity index is 2.11. The molecule has 0 unspecified atom stereocenters. The minimum Gasteiger partial charge on any atom is -0.369 e. The van der Waals surface area contributed by atoms with Gasteiger partial charge in [0.15, 0.2) is 0 Å². The summed E-state index contributed by atoms with van der Waals surface area (Å²) in [5.41, 5.74) is 9.39. The van der Waals surface area contributed by atoms with Crippen LogP contribution in [0.4, 0.5) is 5.95 Å². The summed E-state index contributed by atoms with van der Waals surface area (Å²) in [6, 6.07) is 15.6. The van der Waals surface area contributed by atoms with Crippen molar-refractivity contribution in [1.29, 1.82) is 5.26 Å². The van der Waals surface area contributed by atoms with Crippen LogP contribution in [0.25, 0.3) is 11.0 Å². The van der Waals surface area contributed by atoms with Crippen LogP contribution < -0.4 is 5.73 Å². The third-order valence-electron chi connectivity index (χ3n) is 3.14. The topological polar surface area (TPSA) is 67.6 Å². The standard InChI is InChI=1S/C15H11BrN4/c16-12-3-1-2-11(6-12)9-20-14-7-10(8-17)4-5-13(14)19-15(20)18/h1-7H,9H2,(H2,18,19). The van der Waals surface area contributed by atoms with Gasteiger partial charge in [0.2, 0.25) is 5.95 Å². The van der Waals surface area contributed by atoms with E-state index < -0.39 is 0 Å². The molecule has 3 rings (SSSR count). The van der Waals surface area contributed by atoms with Gasteiger partial charge in [-0.05, 0) is 35.9 Å². The number of anilines is 1. The molecule has 0 spiro atoms. The molecule has 0 saturated heterocycles. The van der Waals surface area contributed by atoms with Gasteiger partial charge in [0.1, 0.15) is 0 Å². The summed E-state index contributed by atoms with van der Waals surface area (Å²) in [4.78, 5) is 4.33. The number of fused-ring (bicyclic) bond motifs is 1. The molecule has 98 valence electrons. The average molecular weight is 327 g/mol. The fraction of sp³-hybridized carbons (Fsp3) is 0.0667. The first-order valence-corrected chi connectivity index (χ1v) is 6.87. The van der Waals surface area contributed by atoms with Gasteiger partial charge >= 0.3 is 0 Å². The van der Waals surface area contributed by atoms with Gasteiger partial charge in [0.25, 0.3) is 0 Å². The van der Waals surface area contributed by atoms with Gasteiger partial charge in [-0.15, -0.1) is 0 Å². The molecule has 2 N–H and O–H groups in total. The van der Waals surface area contributed by atoms with E-state index >= 15 is 0 Å². The van der Waals surface area contributed by atoms with E-state index in [0.29, 0.717) is 18.1 Å². The predicted octanol–water partition coefficient (Wildman–Crippen LogP) is 3.30. The molecule has 0 saturated carbocycles. The molecule has 5 heteroatoms. The smallest absolute Gasteiger partial charge is 0.201 e. The highest BCUT2D eigenvalue weighted by molar-refractivity contribution is 9.10. The third-order valence-corrected chi connectivity index (χ3v) is 3.63. The number of aromatic nitrogens is 2. The summed E-state index contributed by atoms with van der Waals surface area (Å²) in [5.74, 6) is 0.454. The molecule has 1 heterocycles. The lowest BCUT2D eigenvalue weighted by Crippen LogP contribution is -2.04.